The van der Waals surface area contributed by atoms with E-state index in [4.69, 9.17) is 5.73 Å². The molecule has 1 aliphatic heterocycles. The van der Waals surface area contributed by atoms with Crippen LogP contribution in [-0.2, 0) is 16.6 Å². The van der Waals surface area contributed by atoms with Crippen molar-refractivity contribution in [1.29, 1.82) is 0 Å². The summed E-state index contributed by atoms with van der Waals surface area (Å²) in [5.74, 6) is 0. The first-order valence-corrected chi connectivity index (χ1v) is 8.65. The molecular weight excluding hydrogens is 276 g/mol. The second-order valence-corrected chi connectivity index (χ2v) is 7.41. The molecule has 0 bridgehead atoms. The molecule has 1 fully saturated rings. The molecule has 20 heavy (non-hydrogen) atoms. The first-order valence-electron chi connectivity index (χ1n) is 7.21. The molecule has 0 saturated carbocycles. The van der Waals surface area contributed by atoms with Gasteiger partial charge in [0, 0.05) is 25.2 Å². The van der Waals surface area contributed by atoms with E-state index in [-0.39, 0.29) is 11.6 Å². The Balaban J connectivity index is 2.18. The Morgan fingerprint density at radius 3 is 2.45 bits per heavy atom. The van der Waals surface area contributed by atoms with Gasteiger partial charge in [-0.2, -0.15) is 9.40 Å². The number of nitrogens with two attached hydrogens (primary N) is 1. The van der Waals surface area contributed by atoms with Crippen molar-refractivity contribution in [2.45, 2.75) is 51.1 Å². The molecule has 6 nitrogen and oxygen atoms in total. The molecule has 0 amide bonds. The largest absolute Gasteiger partial charge is 0.326 e. The molecule has 2 heterocycles. The summed E-state index contributed by atoms with van der Waals surface area (Å²) < 4.78 is 26.8. The highest BCUT2D eigenvalue weighted by Crippen LogP contribution is 2.39. The molecule has 7 heteroatoms. The summed E-state index contributed by atoms with van der Waals surface area (Å²) in [7, 11) is -3.49. The minimum absolute atomic E-state index is 0.153. The average Bonchev–Trinajstić information content (AvgIpc) is 2.96. The number of hydrogen-bond donors (Lipinski definition) is 2. The van der Waals surface area contributed by atoms with Crippen molar-refractivity contribution in [3.63, 3.8) is 0 Å². The average molecular weight is 300 g/mol. The van der Waals surface area contributed by atoms with Gasteiger partial charge in [0.2, 0.25) is 0 Å². The Hall–Kier alpha value is -0.920. The zero-order valence-corrected chi connectivity index (χ0v) is 13.0. The zero-order chi connectivity index (χ0) is 14.8. The van der Waals surface area contributed by atoms with Gasteiger partial charge in [0.05, 0.1) is 6.20 Å². The lowest BCUT2D eigenvalue weighted by atomic mass is 9.75. The molecular formula is C13H24N4O2S. The molecule has 0 unspecified atom stereocenters. The van der Waals surface area contributed by atoms with Crippen LogP contribution in [0.5, 0.6) is 0 Å². The van der Waals surface area contributed by atoms with E-state index in [0.29, 0.717) is 24.1 Å². The fraction of sp³-hybridized carbons (Fsp3) is 0.769. The van der Waals surface area contributed by atoms with Crippen LogP contribution in [0.25, 0.3) is 0 Å². The van der Waals surface area contributed by atoms with Gasteiger partial charge in [-0.1, -0.05) is 26.7 Å². The van der Waals surface area contributed by atoms with Gasteiger partial charge in [-0.15, -0.1) is 0 Å². The number of rotatable bonds is 5. The first kappa shape index (κ1) is 15.5. The Bertz CT molecular complexity index is 538. The lowest BCUT2D eigenvalue weighted by Gasteiger charge is -2.40. The number of aromatic amines is 1. The molecule has 0 spiro atoms. The van der Waals surface area contributed by atoms with E-state index in [0.717, 1.165) is 25.7 Å². The van der Waals surface area contributed by atoms with E-state index in [1.54, 1.807) is 4.31 Å². The summed E-state index contributed by atoms with van der Waals surface area (Å²) in [6, 6.07) is 0. The van der Waals surface area contributed by atoms with Crippen LogP contribution in [0, 0.1) is 5.41 Å². The van der Waals surface area contributed by atoms with E-state index in [1.165, 1.54) is 6.20 Å². The second-order valence-electron chi connectivity index (χ2n) is 5.54. The summed E-state index contributed by atoms with van der Waals surface area (Å²) in [6.45, 7) is 5.71. The van der Waals surface area contributed by atoms with Crippen molar-refractivity contribution in [3.05, 3.63) is 11.8 Å². The van der Waals surface area contributed by atoms with E-state index < -0.39 is 10.0 Å². The number of nitrogens with zero attached hydrogens (tertiary/aromatic N) is 2. The van der Waals surface area contributed by atoms with Crippen LogP contribution in [-0.4, -0.2) is 36.0 Å². The minimum atomic E-state index is -3.49. The van der Waals surface area contributed by atoms with Gasteiger partial charge in [0.1, 0.15) is 0 Å². The smallest absolute Gasteiger partial charge is 0.260 e. The summed E-state index contributed by atoms with van der Waals surface area (Å²) in [5.41, 5.74) is 6.42. The van der Waals surface area contributed by atoms with Gasteiger partial charge in [-0.05, 0) is 18.3 Å². The molecule has 0 radical (unpaired) electrons. The number of H-pyrrole nitrogens is 1. The predicted octanol–water partition coefficient (Wildman–Crippen LogP) is 1.46. The third-order valence-electron chi connectivity index (χ3n) is 4.78. The van der Waals surface area contributed by atoms with Crippen molar-refractivity contribution in [3.8, 4) is 0 Å². The quantitative estimate of drug-likeness (QED) is 0.861. The molecule has 0 aromatic carbocycles. The van der Waals surface area contributed by atoms with E-state index in [1.807, 2.05) is 0 Å². The monoisotopic (exact) mass is 300 g/mol. The highest BCUT2D eigenvalue weighted by atomic mass is 32.2. The maximum absolute atomic E-state index is 12.6. The van der Waals surface area contributed by atoms with Gasteiger partial charge in [0.25, 0.3) is 10.0 Å². The summed E-state index contributed by atoms with van der Waals surface area (Å²) >= 11 is 0. The van der Waals surface area contributed by atoms with Gasteiger partial charge in [0.15, 0.2) is 5.03 Å². The molecule has 1 saturated heterocycles. The topological polar surface area (TPSA) is 92.1 Å². The Labute approximate surface area is 120 Å². The van der Waals surface area contributed by atoms with Crippen LogP contribution in [0.3, 0.4) is 0 Å². The third-order valence-corrected chi connectivity index (χ3v) is 6.69. The summed E-state index contributed by atoms with van der Waals surface area (Å²) in [4.78, 5) is 0. The normalized spacial score (nSPS) is 20.1. The molecule has 3 N–H and O–H groups in total. The van der Waals surface area contributed by atoms with Gasteiger partial charge >= 0.3 is 0 Å². The van der Waals surface area contributed by atoms with Crippen LogP contribution in [0.1, 0.15) is 45.1 Å². The molecule has 1 aliphatic rings. The summed E-state index contributed by atoms with van der Waals surface area (Å²) in [6.07, 6.45) is 5.54. The van der Waals surface area contributed by atoms with Crippen LogP contribution in [0.4, 0.5) is 0 Å². The predicted molar refractivity (Wildman–Crippen MR) is 77.5 cm³/mol. The van der Waals surface area contributed by atoms with Crippen molar-refractivity contribution in [2.75, 3.05) is 13.1 Å². The first-order chi connectivity index (χ1) is 9.49. The van der Waals surface area contributed by atoms with Gasteiger partial charge < -0.3 is 5.73 Å². The Morgan fingerprint density at radius 1 is 1.35 bits per heavy atom. The van der Waals surface area contributed by atoms with Crippen LogP contribution >= 0.6 is 0 Å². The van der Waals surface area contributed by atoms with Crippen molar-refractivity contribution >= 4 is 10.0 Å². The molecule has 0 aliphatic carbocycles. The maximum Gasteiger partial charge on any atom is 0.260 e. The fourth-order valence-corrected chi connectivity index (χ4v) is 4.51. The molecule has 1 aromatic rings. The number of sulfonamides is 1. The number of piperidine rings is 1. The van der Waals surface area contributed by atoms with Crippen LogP contribution < -0.4 is 5.73 Å². The molecule has 1 aromatic heterocycles. The third kappa shape index (κ3) is 2.62. The summed E-state index contributed by atoms with van der Waals surface area (Å²) in [5, 5.41) is 6.54. The molecule has 114 valence electrons. The highest BCUT2D eigenvalue weighted by molar-refractivity contribution is 7.89. The van der Waals surface area contributed by atoms with E-state index in [9.17, 15) is 8.42 Å². The van der Waals surface area contributed by atoms with Crippen molar-refractivity contribution < 1.29 is 8.42 Å². The SMILES string of the molecule is CCC1(CC)CCN(S(=O)(=O)c2[nH]ncc2CN)CC1. The number of nitrogens with one attached hydrogen (secondary N) is 1. The van der Waals surface area contributed by atoms with Crippen molar-refractivity contribution in [1.82, 2.24) is 14.5 Å². The molecule has 0 atom stereocenters. The van der Waals surface area contributed by atoms with E-state index >= 15 is 0 Å². The zero-order valence-electron chi connectivity index (χ0n) is 12.2. The fourth-order valence-electron chi connectivity index (χ4n) is 2.96. The highest BCUT2D eigenvalue weighted by Gasteiger charge is 2.37. The van der Waals surface area contributed by atoms with Crippen LogP contribution in [0.2, 0.25) is 0 Å². The number of hydrogen-bond acceptors (Lipinski definition) is 4. The maximum atomic E-state index is 12.6. The number of aromatic nitrogens is 2. The van der Waals surface area contributed by atoms with Crippen molar-refractivity contribution in [2.24, 2.45) is 11.1 Å². The van der Waals surface area contributed by atoms with Gasteiger partial charge in [-0.3, -0.25) is 5.10 Å². The lowest BCUT2D eigenvalue weighted by Crippen LogP contribution is -2.43. The standard InChI is InChI=1S/C13H24N4O2S/c1-3-13(4-2)5-7-17(8-6-13)20(18,19)12-11(9-14)10-15-16-12/h10H,3-9,14H2,1-2H3,(H,15,16). The molecule has 2 rings (SSSR count). The second kappa shape index (κ2) is 5.83. The minimum Gasteiger partial charge on any atom is -0.326 e. The Morgan fingerprint density at radius 2 is 1.95 bits per heavy atom. The van der Waals surface area contributed by atoms with Crippen LogP contribution in [0.15, 0.2) is 11.2 Å². The lowest BCUT2D eigenvalue weighted by molar-refractivity contribution is 0.141. The Kier molecular flexibility index (Phi) is 4.51. The van der Waals surface area contributed by atoms with Gasteiger partial charge in [-0.25, -0.2) is 8.42 Å². The van der Waals surface area contributed by atoms with E-state index in [2.05, 4.69) is 24.0 Å².